The number of carbonyl (C=O) groups excluding carboxylic acids is 1. The Balaban J connectivity index is 1.85. The second-order valence-corrected chi connectivity index (χ2v) is 8.86. The Hall–Kier alpha value is -1.96. The van der Waals surface area contributed by atoms with Crippen molar-refractivity contribution < 1.29 is 22.7 Å². The number of sulfonamides is 1. The Kier molecular flexibility index (Phi) is 5.60. The van der Waals surface area contributed by atoms with E-state index in [-0.39, 0.29) is 24.2 Å². The molecule has 0 bridgehead atoms. The number of hydrogen-bond donors (Lipinski definition) is 0. The lowest BCUT2D eigenvalue weighted by molar-refractivity contribution is -0.130. The maximum atomic E-state index is 12.7. The smallest absolute Gasteiger partial charge is 0.243 e. The van der Waals surface area contributed by atoms with Crippen LogP contribution in [0, 0.1) is 0 Å². The third-order valence-electron chi connectivity index (χ3n) is 5.06. The quantitative estimate of drug-likeness (QED) is 0.752. The van der Waals surface area contributed by atoms with Crippen LogP contribution in [-0.4, -0.2) is 57.8 Å². The summed E-state index contributed by atoms with van der Waals surface area (Å²) in [7, 11) is -1.84. The minimum absolute atomic E-state index is 0.0815. The van der Waals surface area contributed by atoms with E-state index in [1.807, 2.05) is 0 Å². The maximum absolute atomic E-state index is 12.7. The normalized spacial score (nSPS) is 17.2. The second kappa shape index (κ2) is 7.73. The molecule has 0 atom stereocenters. The molecule has 1 aliphatic carbocycles. The van der Waals surface area contributed by atoms with Crippen molar-refractivity contribution in [3.63, 3.8) is 0 Å². The van der Waals surface area contributed by atoms with E-state index in [4.69, 9.17) is 9.47 Å². The topological polar surface area (TPSA) is 76.2 Å². The van der Waals surface area contributed by atoms with Crippen molar-refractivity contribution in [2.24, 2.45) is 0 Å². The molecule has 3 rings (SSSR count). The van der Waals surface area contributed by atoms with Crippen molar-refractivity contribution in [1.82, 2.24) is 4.90 Å². The molecule has 7 nitrogen and oxygen atoms in total. The first-order valence-corrected chi connectivity index (χ1v) is 10.7. The van der Waals surface area contributed by atoms with E-state index < -0.39 is 10.0 Å². The van der Waals surface area contributed by atoms with Crippen LogP contribution in [-0.2, 0) is 14.8 Å². The Morgan fingerprint density at radius 1 is 1.15 bits per heavy atom. The van der Waals surface area contributed by atoms with E-state index in [9.17, 15) is 13.2 Å². The summed E-state index contributed by atoms with van der Waals surface area (Å²) >= 11 is 0. The van der Waals surface area contributed by atoms with E-state index in [1.54, 1.807) is 37.1 Å². The molecular weight excluding hydrogens is 356 g/mol. The zero-order valence-corrected chi connectivity index (χ0v) is 16.1. The van der Waals surface area contributed by atoms with Crippen molar-refractivity contribution in [3.8, 4) is 11.5 Å². The SMILES string of the molecule is CCS(=O)(=O)N(CC(=O)N(C)C1CCCC1)c1ccc2c(c1)OCCO2. The highest BCUT2D eigenvalue weighted by molar-refractivity contribution is 7.92. The maximum Gasteiger partial charge on any atom is 0.243 e. The van der Waals surface area contributed by atoms with Gasteiger partial charge < -0.3 is 14.4 Å². The van der Waals surface area contributed by atoms with Crippen molar-refractivity contribution >= 4 is 21.6 Å². The lowest BCUT2D eigenvalue weighted by atomic mass is 10.2. The molecule has 1 heterocycles. The van der Waals surface area contributed by atoms with Gasteiger partial charge in [0.15, 0.2) is 11.5 Å². The van der Waals surface area contributed by atoms with Gasteiger partial charge in [0.1, 0.15) is 19.8 Å². The van der Waals surface area contributed by atoms with Gasteiger partial charge in [-0.15, -0.1) is 0 Å². The number of amides is 1. The fourth-order valence-electron chi connectivity index (χ4n) is 3.42. The summed E-state index contributed by atoms with van der Waals surface area (Å²) in [5.41, 5.74) is 0.421. The fourth-order valence-corrected chi connectivity index (χ4v) is 4.48. The summed E-state index contributed by atoms with van der Waals surface area (Å²) < 4.78 is 37.5. The molecule has 0 spiro atoms. The van der Waals surface area contributed by atoms with E-state index >= 15 is 0 Å². The Morgan fingerprint density at radius 3 is 2.46 bits per heavy atom. The molecule has 0 unspecified atom stereocenters. The largest absolute Gasteiger partial charge is 0.486 e. The van der Waals surface area contributed by atoms with Crippen LogP contribution in [0.3, 0.4) is 0 Å². The molecule has 144 valence electrons. The van der Waals surface area contributed by atoms with Crippen LogP contribution in [0.4, 0.5) is 5.69 Å². The molecule has 0 radical (unpaired) electrons. The van der Waals surface area contributed by atoms with E-state index in [0.29, 0.717) is 30.4 Å². The van der Waals surface area contributed by atoms with Gasteiger partial charge in [-0.1, -0.05) is 12.8 Å². The molecule has 1 fully saturated rings. The van der Waals surface area contributed by atoms with Gasteiger partial charge in [0.05, 0.1) is 11.4 Å². The molecular formula is C18H26N2O5S. The van der Waals surface area contributed by atoms with Crippen LogP contribution in [0.2, 0.25) is 0 Å². The number of anilines is 1. The van der Waals surface area contributed by atoms with Crippen LogP contribution in [0.25, 0.3) is 0 Å². The third-order valence-corrected chi connectivity index (χ3v) is 6.80. The van der Waals surface area contributed by atoms with Crippen LogP contribution < -0.4 is 13.8 Å². The van der Waals surface area contributed by atoms with Gasteiger partial charge in [0.2, 0.25) is 15.9 Å². The van der Waals surface area contributed by atoms with Crippen LogP contribution in [0.1, 0.15) is 32.6 Å². The molecule has 0 aromatic heterocycles. The summed E-state index contributed by atoms with van der Waals surface area (Å²) in [5.74, 6) is 0.815. The molecule has 8 heteroatoms. The van der Waals surface area contributed by atoms with Gasteiger partial charge in [-0.05, 0) is 31.9 Å². The van der Waals surface area contributed by atoms with Crippen molar-refractivity contribution in [2.75, 3.05) is 36.9 Å². The fraction of sp³-hybridized carbons (Fsp3) is 0.611. The first kappa shape index (κ1) is 18.8. The average Bonchev–Trinajstić information content (AvgIpc) is 3.19. The molecule has 1 saturated carbocycles. The third kappa shape index (κ3) is 3.90. The molecule has 1 aromatic rings. The highest BCUT2D eigenvalue weighted by Gasteiger charge is 2.29. The van der Waals surface area contributed by atoms with Gasteiger partial charge in [0, 0.05) is 19.2 Å². The molecule has 1 aromatic carbocycles. The molecule has 1 amide bonds. The number of hydrogen-bond acceptors (Lipinski definition) is 5. The molecule has 26 heavy (non-hydrogen) atoms. The zero-order chi connectivity index (χ0) is 18.7. The van der Waals surface area contributed by atoms with Crippen molar-refractivity contribution in [3.05, 3.63) is 18.2 Å². The second-order valence-electron chi connectivity index (χ2n) is 6.68. The molecule has 0 saturated heterocycles. The number of benzene rings is 1. The predicted octanol–water partition coefficient (Wildman–Crippen LogP) is 2.01. The van der Waals surface area contributed by atoms with Crippen molar-refractivity contribution in [1.29, 1.82) is 0 Å². The number of carbonyl (C=O) groups is 1. The summed E-state index contributed by atoms with van der Waals surface area (Å²) in [5, 5.41) is 0. The Bertz CT molecular complexity index is 759. The minimum atomic E-state index is -3.60. The number of likely N-dealkylation sites (N-methyl/N-ethyl adjacent to an activating group) is 1. The van der Waals surface area contributed by atoms with E-state index in [1.165, 1.54) is 4.31 Å². The number of nitrogens with zero attached hydrogens (tertiary/aromatic N) is 2. The number of fused-ring (bicyclic) bond motifs is 1. The minimum Gasteiger partial charge on any atom is -0.486 e. The lowest BCUT2D eigenvalue weighted by Crippen LogP contribution is -2.45. The lowest BCUT2D eigenvalue weighted by Gasteiger charge is -2.30. The van der Waals surface area contributed by atoms with Crippen LogP contribution in [0.15, 0.2) is 18.2 Å². The summed E-state index contributed by atoms with van der Waals surface area (Å²) in [6.45, 7) is 2.25. The molecule has 1 aliphatic heterocycles. The highest BCUT2D eigenvalue weighted by atomic mass is 32.2. The van der Waals surface area contributed by atoms with E-state index in [0.717, 1.165) is 25.7 Å². The Labute approximate surface area is 154 Å². The monoisotopic (exact) mass is 382 g/mol. The van der Waals surface area contributed by atoms with E-state index in [2.05, 4.69) is 0 Å². The van der Waals surface area contributed by atoms with Gasteiger partial charge in [-0.2, -0.15) is 0 Å². The van der Waals surface area contributed by atoms with Gasteiger partial charge in [-0.3, -0.25) is 9.10 Å². The Morgan fingerprint density at radius 2 is 1.81 bits per heavy atom. The highest BCUT2D eigenvalue weighted by Crippen LogP contribution is 2.35. The van der Waals surface area contributed by atoms with Gasteiger partial charge in [-0.25, -0.2) is 8.42 Å². The van der Waals surface area contributed by atoms with Crippen LogP contribution in [0.5, 0.6) is 11.5 Å². The van der Waals surface area contributed by atoms with Gasteiger partial charge >= 0.3 is 0 Å². The standard InChI is InChI=1S/C18H26N2O5S/c1-3-26(22,23)20(13-18(21)19(2)14-6-4-5-7-14)15-8-9-16-17(12-15)25-11-10-24-16/h8-9,12,14H,3-7,10-11,13H2,1-2H3. The number of ether oxygens (including phenoxy) is 2. The van der Waals surface area contributed by atoms with Crippen molar-refractivity contribution in [2.45, 2.75) is 38.6 Å². The average molecular weight is 382 g/mol. The predicted molar refractivity (Wildman–Crippen MR) is 99.3 cm³/mol. The number of rotatable bonds is 6. The molecule has 2 aliphatic rings. The summed E-state index contributed by atoms with van der Waals surface area (Å²) in [6, 6.07) is 5.18. The van der Waals surface area contributed by atoms with Gasteiger partial charge in [0.25, 0.3) is 0 Å². The molecule has 0 N–H and O–H groups in total. The zero-order valence-electron chi connectivity index (χ0n) is 15.3. The summed E-state index contributed by atoms with van der Waals surface area (Å²) in [6.07, 6.45) is 4.18. The first-order valence-electron chi connectivity index (χ1n) is 9.08. The van der Waals surface area contributed by atoms with Crippen LogP contribution >= 0.6 is 0 Å². The summed E-state index contributed by atoms with van der Waals surface area (Å²) in [4.78, 5) is 14.4. The first-order chi connectivity index (χ1) is 12.4.